The van der Waals surface area contributed by atoms with Gasteiger partial charge in [-0.15, -0.1) is 0 Å². The molecule has 0 amide bonds. The molecule has 0 saturated carbocycles. The molecule has 1 aliphatic rings. The molecule has 0 radical (unpaired) electrons. The Bertz CT molecular complexity index is 519. The zero-order valence-corrected chi connectivity index (χ0v) is 19.2. The quantitative estimate of drug-likeness (QED) is 0.347. The van der Waals surface area contributed by atoms with Crippen molar-refractivity contribution in [2.24, 2.45) is 0 Å². The van der Waals surface area contributed by atoms with E-state index in [0.29, 0.717) is 6.61 Å². The Morgan fingerprint density at radius 2 is 1.66 bits per heavy atom. The summed E-state index contributed by atoms with van der Waals surface area (Å²) in [6.45, 7) is 9.39. The fourth-order valence-electron chi connectivity index (χ4n) is 3.15. The molecule has 6 heteroatoms. The van der Waals surface area contributed by atoms with E-state index in [-0.39, 0.29) is 23.7 Å². The number of aromatic nitrogens is 1. The van der Waals surface area contributed by atoms with Gasteiger partial charge in [0.1, 0.15) is 11.5 Å². The van der Waals surface area contributed by atoms with Crippen LogP contribution in [0.3, 0.4) is 0 Å². The third-order valence-electron chi connectivity index (χ3n) is 4.95. The van der Waals surface area contributed by atoms with Gasteiger partial charge in [0, 0.05) is 32.4 Å². The lowest BCUT2D eigenvalue weighted by atomic mass is 10.0. The fourth-order valence-corrected chi connectivity index (χ4v) is 4.21. The van der Waals surface area contributed by atoms with Gasteiger partial charge in [0.05, 0.1) is 23.8 Å². The predicted octanol–water partition coefficient (Wildman–Crippen LogP) is 5.48. The average Bonchev–Trinajstić information content (AvgIpc) is 2.74. The Hall–Kier alpha value is -0.660. The van der Waals surface area contributed by atoms with Crippen molar-refractivity contribution in [2.75, 3.05) is 26.4 Å². The zero-order valence-electron chi connectivity index (χ0n) is 18.4. The van der Waals surface area contributed by atoms with Gasteiger partial charge < -0.3 is 18.9 Å². The van der Waals surface area contributed by atoms with E-state index in [2.05, 4.69) is 25.8 Å². The molecule has 0 N–H and O–H groups in total. The van der Waals surface area contributed by atoms with Crippen molar-refractivity contribution in [1.29, 1.82) is 0 Å². The minimum atomic E-state index is -0.104. The van der Waals surface area contributed by atoms with Crippen molar-refractivity contribution in [3.8, 4) is 0 Å². The van der Waals surface area contributed by atoms with Crippen LogP contribution in [0.15, 0.2) is 29.4 Å². The molecule has 1 aliphatic heterocycles. The second-order valence-corrected chi connectivity index (χ2v) is 8.64. The molecule has 0 spiro atoms. The van der Waals surface area contributed by atoms with Gasteiger partial charge in [-0.3, -0.25) is 0 Å². The maximum Gasteiger partial charge on any atom is 0.135 e. The van der Waals surface area contributed by atoms with Crippen molar-refractivity contribution in [1.82, 2.24) is 4.98 Å². The Morgan fingerprint density at radius 1 is 0.966 bits per heavy atom. The van der Waals surface area contributed by atoms with Crippen molar-refractivity contribution in [3.05, 3.63) is 24.4 Å². The lowest BCUT2D eigenvalue weighted by Crippen LogP contribution is -2.50. The lowest BCUT2D eigenvalue weighted by Gasteiger charge is -2.40. The van der Waals surface area contributed by atoms with E-state index in [1.807, 2.05) is 24.4 Å². The first-order valence-electron chi connectivity index (χ1n) is 11.3. The van der Waals surface area contributed by atoms with Crippen molar-refractivity contribution < 1.29 is 18.9 Å². The number of nitrogens with zero attached hydrogens (tertiary/aromatic N) is 1. The fraction of sp³-hybridized carbons (Fsp3) is 0.783. The monoisotopic (exact) mass is 425 g/mol. The number of pyridine rings is 1. The van der Waals surface area contributed by atoms with Crippen LogP contribution in [0.5, 0.6) is 0 Å². The van der Waals surface area contributed by atoms with E-state index in [1.165, 1.54) is 0 Å². The normalized spacial score (nSPS) is 24.7. The molecule has 2 heterocycles. The minimum Gasteiger partial charge on any atom is -0.379 e. The van der Waals surface area contributed by atoms with Gasteiger partial charge >= 0.3 is 0 Å². The van der Waals surface area contributed by atoms with Crippen LogP contribution in [0.4, 0.5) is 0 Å². The molecule has 1 saturated heterocycles. The Kier molecular flexibility index (Phi) is 12.9. The van der Waals surface area contributed by atoms with Crippen molar-refractivity contribution in [2.45, 2.75) is 94.5 Å². The maximum atomic E-state index is 6.51. The molecule has 1 unspecified atom stereocenters. The van der Waals surface area contributed by atoms with Crippen molar-refractivity contribution >= 4 is 11.8 Å². The standard InChI is InChI=1S/C23H39NO4S/c1-4-7-14-25-18-21-19(26-15-8-5-2)17-20(27-16-9-6-3)23(28-21)29-22-12-10-11-13-24-22/h10-13,19-21,23H,4-9,14-18H2,1-3H3/t19-,20+,21?,23+/m1/s1. The number of thioether (sulfide) groups is 1. The summed E-state index contributed by atoms with van der Waals surface area (Å²) < 4.78 is 24.9. The Morgan fingerprint density at radius 3 is 2.31 bits per heavy atom. The largest absolute Gasteiger partial charge is 0.379 e. The lowest BCUT2D eigenvalue weighted by molar-refractivity contribution is -0.185. The summed E-state index contributed by atoms with van der Waals surface area (Å²) >= 11 is 1.64. The number of rotatable bonds is 15. The summed E-state index contributed by atoms with van der Waals surface area (Å²) in [7, 11) is 0. The smallest absolute Gasteiger partial charge is 0.135 e. The van der Waals surface area contributed by atoms with Crippen LogP contribution >= 0.6 is 11.8 Å². The molecule has 0 aliphatic carbocycles. The van der Waals surface area contributed by atoms with Crippen LogP contribution in [0.25, 0.3) is 0 Å². The van der Waals surface area contributed by atoms with Gasteiger partial charge in [-0.25, -0.2) is 4.98 Å². The molecule has 5 nitrogen and oxygen atoms in total. The number of unbranched alkanes of at least 4 members (excludes halogenated alkanes) is 3. The molecule has 0 bridgehead atoms. The van der Waals surface area contributed by atoms with Gasteiger partial charge in [-0.1, -0.05) is 57.9 Å². The van der Waals surface area contributed by atoms with Crippen LogP contribution in [-0.2, 0) is 18.9 Å². The molecule has 0 aromatic carbocycles. The highest BCUT2D eigenvalue weighted by atomic mass is 32.2. The highest BCUT2D eigenvalue weighted by Crippen LogP contribution is 2.35. The summed E-state index contributed by atoms with van der Waals surface area (Å²) in [5.74, 6) is 0. The second kappa shape index (κ2) is 15.2. The summed E-state index contributed by atoms with van der Waals surface area (Å²) in [4.78, 5) is 4.46. The predicted molar refractivity (Wildman–Crippen MR) is 118 cm³/mol. The highest BCUT2D eigenvalue weighted by Gasteiger charge is 2.40. The van der Waals surface area contributed by atoms with Gasteiger partial charge in [-0.05, 0) is 31.4 Å². The zero-order chi connectivity index (χ0) is 20.7. The van der Waals surface area contributed by atoms with E-state index >= 15 is 0 Å². The van der Waals surface area contributed by atoms with Gasteiger partial charge in [-0.2, -0.15) is 0 Å². The first kappa shape index (κ1) is 24.6. The molecular formula is C23H39NO4S. The SMILES string of the molecule is CCCCOCC1O[C@@H](Sc2ccccn2)[C@@H](OCCCC)C[C@H]1OCCCC. The maximum absolute atomic E-state index is 6.51. The molecule has 166 valence electrons. The number of hydrogen-bond acceptors (Lipinski definition) is 6. The van der Waals surface area contributed by atoms with Crippen LogP contribution in [-0.4, -0.2) is 55.2 Å². The van der Waals surface area contributed by atoms with E-state index in [4.69, 9.17) is 18.9 Å². The van der Waals surface area contributed by atoms with Crippen LogP contribution in [0.1, 0.15) is 65.7 Å². The third-order valence-corrected chi connectivity index (χ3v) is 6.08. The van der Waals surface area contributed by atoms with Crippen LogP contribution < -0.4 is 0 Å². The first-order valence-corrected chi connectivity index (χ1v) is 12.2. The van der Waals surface area contributed by atoms with Crippen LogP contribution in [0.2, 0.25) is 0 Å². The number of ether oxygens (including phenoxy) is 4. The molecule has 4 atom stereocenters. The van der Waals surface area contributed by atoms with Gasteiger partial charge in [0.2, 0.25) is 0 Å². The van der Waals surface area contributed by atoms with E-state index < -0.39 is 0 Å². The summed E-state index contributed by atoms with van der Waals surface area (Å²) in [5, 5.41) is 0.956. The second-order valence-electron chi connectivity index (χ2n) is 7.52. The average molecular weight is 426 g/mol. The highest BCUT2D eigenvalue weighted by molar-refractivity contribution is 7.99. The van der Waals surface area contributed by atoms with Gasteiger partial charge in [0.15, 0.2) is 0 Å². The molecule has 1 aromatic heterocycles. The topological polar surface area (TPSA) is 49.8 Å². The third kappa shape index (κ3) is 9.35. The molecule has 1 fully saturated rings. The van der Waals surface area contributed by atoms with Gasteiger partial charge in [0.25, 0.3) is 0 Å². The number of hydrogen-bond donors (Lipinski definition) is 0. The molecule has 1 aromatic rings. The van der Waals surface area contributed by atoms with E-state index in [0.717, 1.165) is 69.8 Å². The molecular weight excluding hydrogens is 386 g/mol. The summed E-state index contributed by atoms with van der Waals surface area (Å²) in [6.07, 6.45) is 9.15. The van der Waals surface area contributed by atoms with E-state index in [1.54, 1.807) is 11.8 Å². The first-order chi connectivity index (χ1) is 14.3. The van der Waals surface area contributed by atoms with Crippen LogP contribution in [0, 0.1) is 0 Å². The molecule has 29 heavy (non-hydrogen) atoms. The molecule has 2 rings (SSSR count). The van der Waals surface area contributed by atoms with Crippen molar-refractivity contribution in [3.63, 3.8) is 0 Å². The Labute approximate surface area is 181 Å². The summed E-state index contributed by atoms with van der Waals surface area (Å²) in [5.41, 5.74) is -0.104. The summed E-state index contributed by atoms with van der Waals surface area (Å²) in [6, 6.07) is 5.96. The Balaban J connectivity index is 2.03. The van der Waals surface area contributed by atoms with E-state index in [9.17, 15) is 0 Å². The minimum absolute atomic E-state index is 0.00734.